The van der Waals surface area contributed by atoms with Crippen LogP contribution in [-0.2, 0) is 95.1 Å². The van der Waals surface area contributed by atoms with E-state index in [2.05, 4.69) is 367 Å². The van der Waals surface area contributed by atoms with Crippen molar-refractivity contribution in [3.8, 4) is 67.8 Å². The topological polar surface area (TPSA) is 128 Å². The minimum Gasteiger partial charge on any atom is -0.460 e. The van der Waals surface area contributed by atoms with Crippen LogP contribution in [0, 0.1) is 48.5 Å². The third-order valence-electron chi connectivity index (χ3n) is 27.8. The Morgan fingerprint density at radius 2 is 0.521 bits per heavy atom. The van der Waals surface area contributed by atoms with Gasteiger partial charge in [-0.05, 0) is 153 Å². The zero-order valence-electron chi connectivity index (χ0n) is 81.0. The second-order valence-corrected chi connectivity index (χ2v) is 65.2. The zero-order valence-corrected chi connectivity index (χ0v) is 96.1. The molecule has 0 fully saturated rings. The van der Waals surface area contributed by atoms with E-state index in [1.807, 2.05) is 159 Å². The van der Waals surface area contributed by atoms with Crippen LogP contribution in [0.2, 0.25) is 78.6 Å². The molecule has 12 heterocycles. The van der Waals surface area contributed by atoms with E-state index in [9.17, 15) is 0 Å². The number of rotatable bonds is 18. The molecule has 4 aliphatic rings. The quantitative estimate of drug-likeness (QED) is 0.0599. The van der Waals surface area contributed by atoms with E-state index in [4.69, 9.17) is 29.4 Å². The van der Waals surface area contributed by atoms with Gasteiger partial charge in [0, 0.05) is 117 Å². The molecule has 0 atom stereocenters. The summed E-state index contributed by atoms with van der Waals surface area (Å²) in [5.74, 6) is 4.10. The molecule has 704 valence electrons. The molecule has 140 heavy (non-hydrogen) atoms. The number of nitrogens with zero attached hydrogens (tertiary/aromatic N) is 10. The van der Waals surface area contributed by atoms with Gasteiger partial charge in [0.15, 0.2) is 0 Å². The standard InChI is InChI=1S/C36H28N4Si.C30H30N2Si.C28H30N2Si3.C24H18N2O2Si.4Pt/c1-41(2)33-21-19-29(39(27-13-5-3-6-14-27)35-17-9-11-23-37-35)25-31(33)32-26-30(20-22-34(32)41)40(28-15-7-4-8-16-28)36-18-10-12-24-38-36;1-29(2,27-11-7-9-17-31-27)21-13-15-25-23(19-21)24-20-22(14-16-26(24)33(25,5)6)30(3,4)28-12-8-10-18-32-28;1-31(2,27-11-7-9-17-29-27)21-13-15-25-23(19-21)24-20-22(14-16-26(24)33(25,5)6)32(3,4)28-12-8-10-18-30-28;1-29(2)21-11-9-17(27-23-7-3-5-13-25-23)15-19(21)20-16-18(10-12-22(20)29)28-24-8-4-6-14-26-24;;;;/h3-24H,1-2H3;2*7-18H,1-6H3;3-14H,1-2H3;;;;/q4*-2;4*+2. The van der Waals surface area contributed by atoms with E-state index < -0.39 is 48.4 Å². The molecule has 22 rings (SSSR count). The van der Waals surface area contributed by atoms with Crippen molar-refractivity contribution in [1.29, 1.82) is 0 Å². The van der Waals surface area contributed by atoms with Crippen LogP contribution in [0.1, 0.15) is 50.2 Å². The van der Waals surface area contributed by atoms with Crippen LogP contribution in [0.4, 0.5) is 34.4 Å². The predicted molar refractivity (Wildman–Crippen MR) is 573 cm³/mol. The van der Waals surface area contributed by atoms with Crippen LogP contribution in [0.3, 0.4) is 0 Å². The van der Waals surface area contributed by atoms with Crippen molar-refractivity contribution in [3.63, 3.8) is 0 Å². The Morgan fingerprint density at radius 3 is 0.829 bits per heavy atom. The largest absolute Gasteiger partial charge is 2.00 e. The summed E-state index contributed by atoms with van der Waals surface area (Å²) in [6.45, 7) is 37.8. The van der Waals surface area contributed by atoms with Crippen molar-refractivity contribution in [2.75, 3.05) is 9.80 Å². The molecule has 8 aromatic heterocycles. The first kappa shape index (κ1) is 103. The Labute approximate surface area is 888 Å². The second-order valence-electron chi connectivity index (χ2n) is 39.2. The van der Waals surface area contributed by atoms with Gasteiger partial charge < -0.3 is 19.3 Å². The number of hydrogen-bond donors (Lipinski definition) is 0. The third kappa shape index (κ3) is 19.9. The maximum atomic E-state index is 5.91. The van der Waals surface area contributed by atoms with Crippen molar-refractivity contribution < 1.29 is 93.7 Å². The number of fused-ring (bicyclic) bond motifs is 12. The van der Waals surface area contributed by atoms with Crippen LogP contribution in [0.15, 0.2) is 353 Å². The van der Waals surface area contributed by atoms with E-state index in [1.165, 1.54) is 95.9 Å². The van der Waals surface area contributed by atoms with Crippen LogP contribution in [-0.4, -0.2) is 88.3 Å². The second kappa shape index (κ2) is 42.1. The summed E-state index contributed by atoms with van der Waals surface area (Å²) in [6, 6.07) is 135. The molecule has 4 aliphatic heterocycles. The molecular weight excluding hydrogens is 2540 g/mol. The molecule has 0 spiro atoms. The van der Waals surface area contributed by atoms with E-state index in [-0.39, 0.29) is 95.1 Å². The SMILES string of the molecule is CC(C)(c1[c-]c2c(cc1)[Si](C)(C)c1ccc(C(C)(C)c3ccccn3)[c-]c1-2)c1ccccn1.C[Si](C)(c1[c-]c2c(cc1)[Si](C)(C)c1ccc([Si](C)(C)c3ccccn3)[c-]c1-2)c1ccccn1.C[Si]1(C)c2ccc(N(c3ccccc3)c3ccccn3)[c-]c2-c2[c-]c(N(c3ccccc3)c3ccccn3)ccc21.C[Si]1(C)c2ccc(Oc3ccccn3)[c-]c2-c2[c-]c(Oc3ccccn3)ccc21.[Pt+2].[Pt+2].[Pt+2].[Pt+2]. The first-order chi connectivity index (χ1) is 65.5. The summed E-state index contributed by atoms with van der Waals surface area (Å²) in [4.78, 5) is 40.9. The Morgan fingerprint density at radius 1 is 0.250 bits per heavy atom. The average molecular weight is 2650 g/mol. The van der Waals surface area contributed by atoms with Crippen molar-refractivity contribution in [2.45, 2.75) is 117 Å². The van der Waals surface area contributed by atoms with Crippen molar-refractivity contribution >= 4 is 145 Å². The van der Waals surface area contributed by atoms with Gasteiger partial charge >= 0.3 is 84.3 Å². The summed E-state index contributed by atoms with van der Waals surface area (Å²) < 4.78 is 11.8. The Balaban J connectivity index is 0.000000141. The van der Waals surface area contributed by atoms with Gasteiger partial charge in [-0.1, -0.05) is 191 Å². The minimum atomic E-state index is -1.94. The molecule has 0 bridgehead atoms. The predicted octanol–water partition coefficient (Wildman–Crippen LogP) is 20.3. The molecule has 18 aromatic rings. The normalized spacial score (nSPS) is 13.4. The van der Waals surface area contributed by atoms with Gasteiger partial charge in [0.05, 0.1) is 0 Å². The number of benzene rings is 10. The summed E-state index contributed by atoms with van der Waals surface area (Å²) in [6.07, 6.45) is 14.6. The smallest absolute Gasteiger partial charge is 0.460 e. The van der Waals surface area contributed by atoms with Gasteiger partial charge in [0.2, 0.25) is 11.8 Å². The average Bonchev–Trinajstić information content (AvgIpc) is 1.49. The molecule has 10 aromatic carbocycles. The molecule has 0 radical (unpaired) electrons. The molecule has 0 aliphatic carbocycles. The van der Waals surface area contributed by atoms with Crippen molar-refractivity contribution in [1.82, 2.24) is 39.9 Å². The number of hydrogen-bond acceptors (Lipinski definition) is 12. The molecular formula is C118H106N10O2Pt4Si6. The van der Waals surface area contributed by atoms with Crippen LogP contribution in [0.5, 0.6) is 23.3 Å². The van der Waals surface area contributed by atoms with E-state index >= 15 is 0 Å². The fourth-order valence-electron chi connectivity index (χ4n) is 19.5. The number of aromatic nitrogens is 8. The van der Waals surface area contributed by atoms with Gasteiger partial charge in [-0.3, -0.25) is 19.9 Å². The van der Waals surface area contributed by atoms with E-state index in [0.29, 0.717) is 23.3 Å². The minimum absolute atomic E-state index is 0. The summed E-state index contributed by atoms with van der Waals surface area (Å²) in [5, 5.41) is 16.3. The maximum Gasteiger partial charge on any atom is 2.00 e. The Kier molecular flexibility index (Phi) is 30.9. The zero-order chi connectivity index (χ0) is 94.5. The number of pyridine rings is 8. The van der Waals surface area contributed by atoms with Crippen LogP contribution >= 0.6 is 0 Å². The molecule has 0 unspecified atom stereocenters. The van der Waals surface area contributed by atoms with Crippen LogP contribution in [0.25, 0.3) is 44.5 Å². The van der Waals surface area contributed by atoms with Crippen molar-refractivity contribution in [2.24, 2.45) is 0 Å². The first-order valence-electron chi connectivity index (χ1n) is 46.4. The molecule has 0 saturated heterocycles. The molecule has 0 N–H and O–H groups in total. The molecule has 0 saturated carbocycles. The van der Waals surface area contributed by atoms with Gasteiger partial charge in [-0.2, -0.15) is 114 Å². The molecule has 22 heteroatoms. The van der Waals surface area contributed by atoms with E-state index in [0.717, 1.165) is 68.0 Å². The Bertz CT molecular complexity index is 6700. The summed E-state index contributed by atoms with van der Waals surface area (Å²) >= 11 is 0. The fraction of sp³-hybridized carbons (Fsp3) is 0.153. The molecule has 0 amide bonds. The number of ether oxygens (including phenoxy) is 2. The van der Waals surface area contributed by atoms with Crippen LogP contribution < -0.4 is 81.8 Å². The number of anilines is 6. The summed E-state index contributed by atoms with van der Waals surface area (Å²) in [7, 11) is -11.2. The fourth-order valence-corrected chi connectivity index (χ4v) is 35.4. The van der Waals surface area contributed by atoms with E-state index in [1.54, 1.807) is 12.4 Å². The Hall–Kier alpha value is -11.3. The molecule has 12 nitrogen and oxygen atoms in total. The monoisotopic (exact) mass is 2640 g/mol. The van der Waals surface area contributed by atoms with Gasteiger partial charge in [0.1, 0.15) is 27.8 Å². The van der Waals surface area contributed by atoms with Gasteiger partial charge in [-0.25, -0.2) is 64.4 Å². The van der Waals surface area contributed by atoms with Gasteiger partial charge in [0.25, 0.3) is 0 Å². The summed E-state index contributed by atoms with van der Waals surface area (Å²) in [5.41, 5.74) is 17.3. The first-order valence-corrected chi connectivity index (χ1v) is 64.4. The third-order valence-corrected chi connectivity index (χ3v) is 48.3. The van der Waals surface area contributed by atoms with Gasteiger partial charge in [-0.15, -0.1) is 94.3 Å². The van der Waals surface area contributed by atoms with Crippen molar-refractivity contribution in [3.05, 3.63) is 424 Å². The number of para-hydroxylation sites is 2. The maximum absolute atomic E-state index is 5.91.